The SMILES string of the molecule is N#CCCc1ccc(C#N)c(C(O)C(=O)O)c1. The molecule has 2 N–H and O–H groups in total. The Morgan fingerprint density at radius 2 is 2.12 bits per heavy atom. The lowest BCUT2D eigenvalue weighted by atomic mass is 9.98. The van der Waals surface area contributed by atoms with E-state index in [4.69, 9.17) is 15.6 Å². The van der Waals surface area contributed by atoms with Crippen LogP contribution in [0, 0.1) is 22.7 Å². The van der Waals surface area contributed by atoms with Crippen molar-refractivity contribution in [2.45, 2.75) is 18.9 Å². The number of carbonyl (C=O) groups is 1. The fourth-order valence-corrected chi connectivity index (χ4v) is 1.43. The van der Waals surface area contributed by atoms with Crippen LogP contribution in [0.1, 0.15) is 29.2 Å². The molecule has 0 fully saturated rings. The van der Waals surface area contributed by atoms with E-state index < -0.39 is 12.1 Å². The molecule has 0 amide bonds. The van der Waals surface area contributed by atoms with Gasteiger partial charge in [0, 0.05) is 12.0 Å². The van der Waals surface area contributed by atoms with E-state index in [0.717, 1.165) is 5.56 Å². The summed E-state index contributed by atoms with van der Waals surface area (Å²) in [6, 6.07) is 8.35. The second-order valence-corrected chi connectivity index (χ2v) is 3.43. The largest absolute Gasteiger partial charge is 0.479 e. The molecule has 17 heavy (non-hydrogen) atoms. The van der Waals surface area contributed by atoms with Crippen molar-refractivity contribution < 1.29 is 15.0 Å². The van der Waals surface area contributed by atoms with Crippen molar-refractivity contribution in [3.63, 3.8) is 0 Å². The van der Waals surface area contributed by atoms with Crippen molar-refractivity contribution in [3.8, 4) is 12.1 Å². The van der Waals surface area contributed by atoms with Crippen LogP contribution in [-0.2, 0) is 11.2 Å². The van der Waals surface area contributed by atoms with Gasteiger partial charge >= 0.3 is 5.97 Å². The number of aliphatic carboxylic acids is 1. The number of aliphatic hydroxyl groups is 1. The van der Waals surface area contributed by atoms with Gasteiger partial charge in [-0.3, -0.25) is 0 Å². The molecule has 1 aromatic carbocycles. The Labute approximate surface area is 98.2 Å². The first-order valence-corrected chi connectivity index (χ1v) is 4.91. The van der Waals surface area contributed by atoms with E-state index >= 15 is 0 Å². The number of carboxylic acids is 1. The number of hydrogen-bond donors (Lipinski definition) is 2. The van der Waals surface area contributed by atoms with E-state index in [0.29, 0.717) is 12.8 Å². The van der Waals surface area contributed by atoms with Crippen LogP contribution in [0.15, 0.2) is 18.2 Å². The Kier molecular flexibility index (Phi) is 4.21. The first-order valence-electron chi connectivity index (χ1n) is 4.91. The summed E-state index contributed by atoms with van der Waals surface area (Å²) in [6.45, 7) is 0. The van der Waals surface area contributed by atoms with E-state index in [1.807, 2.05) is 12.1 Å². The molecule has 0 saturated carbocycles. The van der Waals surface area contributed by atoms with E-state index in [1.54, 1.807) is 6.07 Å². The predicted octanol–water partition coefficient (Wildman–Crippen LogP) is 1.13. The Balaban J connectivity index is 3.12. The normalized spacial score (nSPS) is 11.2. The minimum atomic E-state index is -1.72. The summed E-state index contributed by atoms with van der Waals surface area (Å²) >= 11 is 0. The molecule has 1 atom stereocenters. The van der Waals surface area contributed by atoms with E-state index in [-0.39, 0.29) is 11.1 Å². The molecule has 0 spiro atoms. The highest BCUT2D eigenvalue weighted by Gasteiger charge is 2.19. The Bertz CT molecular complexity index is 511. The molecule has 0 aliphatic rings. The van der Waals surface area contributed by atoms with Crippen LogP contribution < -0.4 is 0 Å². The number of carboxylic acid groups (broad SMARTS) is 1. The standard InChI is InChI=1S/C12H10N2O3/c13-5-1-2-8-3-4-9(7-14)10(6-8)11(15)12(16)17/h3-4,6,11,15H,1-2H2,(H,16,17). The molecule has 86 valence electrons. The number of nitrogens with zero attached hydrogens (tertiary/aromatic N) is 2. The average Bonchev–Trinajstić information content (AvgIpc) is 2.34. The van der Waals surface area contributed by atoms with Gasteiger partial charge in [-0.15, -0.1) is 0 Å². The molecule has 1 unspecified atom stereocenters. The summed E-state index contributed by atoms with van der Waals surface area (Å²) in [4.78, 5) is 10.7. The summed E-state index contributed by atoms with van der Waals surface area (Å²) < 4.78 is 0. The average molecular weight is 230 g/mol. The van der Waals surface area contributed by atoms with Crippen molar-refractivity contribution in [2.75, 3.05) is 0 Å². The van der Waals surface area contributed by atoms with Gasteiger partial charge < -0.3 is 10.2 Å². The van der Waals surface area contributed by atoms with Crippen LogP contribution in [0.5, 0.6) is 0 Å². The van der Waals surface area contributed by atoms with Gasteiger partial charge in [-0.25, -0.2) is 4.79 Å². The molecular weight excluding hydrogens is 220 g/mol. The predicted molar refractivity (Wildman–Crippen MR) is 57.7 cm³/mol. The quantitative estimate of drug-likeness (QED) is 0.806. The van der Waals surface area contributed by atoms with Gasteiger partial charge in [-0.2, -0.15) is 10.5 Å². The first kappa shape index (κ1) is 12.7. The van der Waals surface area contributed by atoms with E-state index in [2.05, 4.69) is 0 Å². The molecule has 1 rings (SSSR count). The number of rotatable bonds is 4. The van der Waals surface area contributed by atoms with Crippen LogP contribution in [0.25, 0.3) is 0 Å². The van der Waals surface area contributed by atoms with Gasteiger partial charge in [0.1, 0.15) is 0 Å². The Hall–Kier alpha value is -2.37. The smallest absolute Gasteiger partial charge is 0.337 e. The maximum Gasteiger partial charge on any atom is 0.337 e. The zero-order chi connectivity index (χ0) is 12.8. The van der Waals surface area contributed by atoms with Gasteiger partial charge in [0.15, 0.2) is 6.10 Å². The maximum atomic E-state index is 10.7. The van der Waals surface area contributed by atoms with Gasteiger partial charge in [0.2, 0.25) is 0 Å². The van der Waals surface area contributed by atoms with Crippen LogP contribution in [-0.4, -0.2) is 16.2 Å². The second kappa shape index (κ2) is 5.64. The lowest BCUT2D eigenvalue weighted by Crippen LogP contribution is -2.12. The molecule has 5 heteroatoms. The minimum absolute atomic E-state index is 0.0652. The summed E-state index contributed by atoms with van der Waals surface area (Å²) in [5, 5.41) is 35.4. The molecule has 0 aliphatic heterocycles. The zero-order valence-electron chi connectivity index (χ0n) is 8.92. The lowest BCUT2D eigenvalue weighted by molar-refractivity contribution is -0.146. The number of benzene rings is 1. The molecule has 1 aromatic rings. The first-order chi connectivity index (χ1) is 8.10. The number of hydrogen-bond acceptors (Lipinski definition) is 4. The van der Waals surface area contributed by atoms with E-state index in [9.17, 15) is 9.90 Å². The monoisotopic (exact) mass is 230 g/mol. The molecule has 0 saturated heterocycles. The van der Waals surface area contributed by atoms with E-state index in [1.165, 1.54) is 12.1 Å². The van der Waals surface area contributed by atoms with Crippen LogP contribution >= 0.6 is 0 Å². The number of aryl methyl sites for hydroxylation is 1. The molecule has 0 aliphatic carbocycles. The van der Waals surface area contributed by atoms with Crippen LogP contribution in [0.3, 0.4) is 0 Å². The van der Waals surface area contributed by atoms with Gasteiger partial charge in [0.05, 0.1) is 17.7 Å². The topological polar surface area (TPSA) is 105 Å². The summed E-state index contributed by atoms with van der Waals surface area (Å²) in [5.74, 6) is -1.40. The highest BCUT2D eigenvalue weighted by atomic mass is 16.4. The molecule has 5 nitrogen and oxygen atoms in total. The summed E-state index contributed by atoms with van der Waals surface area (Å²) in [7, 11) is 0. The van der Waals surface area contributed by atoms with Gasteiger partial charge in [-0.1, -0.05) is 12.1 Å². The second-order valence-electron chi connectivity index (χ2n) is 3.43. The highest BCUT2D eigenvalue weighted by Crippen LogP contribution is 2.20. The summed E-state index contributed by atoms with van der Waals surface area (Å²) in [5.41, 5.74) is 0.914. The minimum Gasteiger partial charge on any atom is -0.479 e. The Morgan fingerprint density at radius 1 is 1.41 bits per heavy atom. The van der Waals surface area contributed by atoms with Crippen molar-refractivity contribution in [1.82, 2.24) is 0 Å². The third kappa shape index (κ3) is 3.04. The number of nitriles is 2. The number of aliphatic hydroxyl groups excluding tert-OH is 1. The fourth-order valence-electron chi connectivity index (χ4n) is 1.43. The van der Waals surface area contributed by atoms with Gasteiger partial charge in [-0.05, 0) is 18.1 Å². The third-order valence-corrected chi connectivity index (χ3v) is 2.29. The van der Waals surface area contributed by atoms with Crippen molar-refractivity contribution >= 4 is 5.97 Å². The Morgan fingerprint density at radius 3 is 2.65 bits per heavy atom. The molecule has 0 aromatic heterocycles. The zero-order valence-corrected chi connectivity index (χ0v) is 8.92. The van der Waals surface area contributed by atoms with Crippen molar-refractivity contribution in [3.05, 3.63) is 34.9 Å². The highest BCUT2D eigenvalue weighted by molar-refractivity contribution is 5.75. The molecule has 0 radical (unpaired) electrons. The maximum absolute atomic E-state index is 10.7. The third-order valence-electron chi connectivity index (χ3n) is 2.29. The lowest BCUT2D eigenvalue weighted by Gasteiger charge is -2.09. The summed E-state index contributed by atoms with van der Waals surface area (Å²) in [6.07, 6.45) is -0.956. The molecule has 0 heterocycles. The van der Waals surface area contributed by atoms with Crippen molar-refractivity contribution in [2.24, 2.45) is 0 Å². The van der Waals surface area contributed by atoms with Crippen molar-refractivity contribution in [1.29, 1.82) is 10.5 Å². The van der Waals surface area contributed by atoms with Crippen LogP contribution in [0.4, 0.5) is 0 Å². The molecule has 0 bridgehead atoms. The molecular formula is C12H10N2O3. The fraction of sp³-hybridized carbons (Fsp3) is 0.250. The van der Waals surface area contributed by atoms with Gasteiger partial charge in [0.25, 0.3) is 0 Å². The van der Waals surface area contributed by atoms with Crippen LogP contribution in [0.2, 0.25) is 0 Å².